The summed E-state index contributed by atoms with van der Waals surface area (Å²) in [5.41, 5.74) is 1.82. The highest BCUT2D eigenvalue weighted by molar-refractivity contribution is 6.30. The fourth-order valence-corrected chi connectivity index (χ4v) is 2.73. The number of benzene rings is 1. The van der Waals surface area contributed by atoms with Crippen molar-refractivity contribution in [1.29, 1.82) is 5.26 Å². The number of ether oxygens (including phenoxy) is 2. The minimum Gasteiger partial charge on any atom is -0.459 e. The van der Waals surface area contributed by atoms with E-state index in [1.807, 2.05) is 39.0 Å². The van der Waals surface area contributed by atoms with E-state index in [2.05, 4.69) is 10.3 Å². The molecule has 0 spiro atoms. The number of allylic oxidation sites excluding steroid dienone is 1. The molecule has 0 unspecified atom stereocenters. The summed E-state index contributed by atoms with van der Waals surface area (Å²) in [6, 6.07) is 9.13. The van der Waals surface area contributed by atoms with E-state index in [1.165, 1.54) is 6.26 Å². The lowest BCUT2D eigenvalue weighted by Gasteiger charge is -2.15. The lowest BCUT2D eigenvalue weighted by molar-refractivity contribution is -0.140. The van der Waals surface area contributed by atoms with Crippen LogP contribution in [0.15, 0.2) is 46.2 Å². The van der Waals surface area contributed by atoms with Gasteiger partial charge in [-0.25, -0.2) is 9.78 Å². The topological polar surface area (TPSA) is 97.4 Å². The smallest absolute Gasteiger partial charge is 0.350 e. The molecule has 0 aliphatic rings. The van der Waals surface area contributed by atoms with Crippen molar-refractivity contribution in [3.8, 4) is 17.5 Å². The van der Waals surface area contributed by atoms with Crippen LogP contribution in [0.3, 0.4) is 0 Å². The van der Waals surface area contributed by atoms with E-state index in [9.17, 15) is 10.1 Å². The van der Waals surface area contributed by atoms with Gasteiger partial charge in [0, 0.05) is 22.9 Å². The van der Waals surface area contributed by atoms with Crippen LogP contribution in [0.1, 0.15) is 26.5 Å². The Kier molecular flexibility index (Phi) is 8.71. The molecule has 1 aromatic heterocycles. The molecule has 0 fully saturated rings. The van der Waals surface area contributed by atoms with Gasteiger partial charge in [0.1, 0.15) is 18.9 Å². The van der Waals surface area contributed by atoms with Crippen molar-refractivity contribution in [2.75, 3.05) is 19.8 Å². The molecule has 2 rings (SSSR count). The van der Waals surface area contributed by atoms with E-state index >= 15 is 0 Å². The third-order valence-corrected chi connectivity index (χ3v) is 4.15. The number of nitrogens with zero attached hydrogens (tertiary/aromatic N) is 2. The van der Waals surface area contributed by atoms with Gasteiger partial charge < -0.3 is 19.2 Å². The third-order valence-electron chi connectivity index (χ3n) is 3.91. The molecule has 8 heteroatoms. The molecule has 7 nitrogen and oxygen atoms in total. The molecular weight excluding hydrogens is 394 g/mol. The van der Waals surface area contributed by atoms with E-state index in [-0.39, 0.29) is 31.2 Å². The van der Waals surface area contributed by atoms with E-state index in [4.69, 9.17) is 25.5 Å². The lowest BCUT2D eigenvalue weighted by Crippen LogP contribution is -2.23. The molecule has 1 N–H and O–H groups in total. The van der Waals surface area contributed by atoms with Crippen LogP contribution in [0.4, 0.5) is 0 Å². The summed E-state index contributed by atoms with van der Waals surface area (Å²) in [6.45, 7) is 6.82. The number of carbonyl (C=O) groups excluding carboxylic acids is 1. The minimum atomic E-state index is -0.678. The van der Waals surface area contributed by atoms with Crippen molar-refractivity contribution >= 4 is 17.6 Å². The number of aromatic nitrogens is 1. The maximum Gasteiger partial charge on any atom is 0.350 e. The summed E-state index contributed by atoms with van der Waals surface area (Å²) in [5, 5.41) is 13.2. The zero-order valence-corrected chi connectivity index (χ0v) is 17.5. The van der Waals surface area contributed by atoms with Gasteiger partial charge in [0.15, 0.2) is 5.57 Å². The van der Waals surface area contributed by atoms with E-state index in [0.29, 0.717) is 28.9 Å². The number of hydrogen-bond donors (Lipinski definition) is 1. The second-order valence-electron chi connectivity index (χ2n) is 6.40. The van der Waals surface area contributed by atoms with Gasteiger partial charge in [0.2, 0.25) is 5.89 Å². The number of esters is 1. The molecular formula is C21H24ClN3O4. The highest BCUT2D eigenvalue weighted by Crippen LogP contribution is 2.22. The molecule has 0 aliphatic carbocycles. The molecule has 0 atom stereocenters. The van der Waals surface area contributed by atoms with Crippen LogP contribution >= 0.6 is 11.6 Å². The Morgan fingerprint density at radius 3 is 2.83 bits per heavy atom. The van der Waals surface area contributed by atoms with Crippen molar-refractivity contribution in [3.05, 3.63) is 52.5 Å². The zero-order chi connectivity index (χ0) is 21.2. The van der Waals surface area contributed by atoms with Crippen molar-refractivity contribution in [1.82, 2.24) is 10.3 Å². The summed E-state index contributed by atoms with van der Waals surface area (Å²) >= 11 is 6.00. The van der Waals surface area contributed by atoms with Gasteiger partial charge in [-0.15, -0.1) is 0 Å². The Balaban J connectivity index is 2.09. The van der Waals surface area contributed by atoms with Crippen molar-refractivity contribution in [3.63, 3.8) is 0 Å². The number of rotatable bonds is 10. The summed E-state index contributed by atoms with van der Waals surface area (Å²) in [5.74, 6) is -0.332. The number of carbonyl (C=O) groups is 1. The fraction of sp³-hybridized carbons (Fsp3) is 0.381. The maximum atomic E-state index is 12.3. The maximum absolute atomic E-state index is 12.3. The van der Waals surface area contributed by atoms with Gasteiger partial charge in [-0.1, -0.05) is 31.5 Å². The predicted octanol–water partition coefficient (Wildman–Crippen LogP) is 4.10. The molecule has 29 heavy (non-hydrogen) atoms. The number of oxazole rings is 1. The second-order valence-corrected chi connectivity index (χ2v) is 6.83. The van der Waals surface area contributed by atoms with Crippen molar-refractivity contribution in [2.24, 2.45) is 5.92 Å². The largest absolute Gasteiger partial charge is 0.459 e. The van der Waals surface area contributed by atoms with Crippen LogP contribution in [0.5, 0.6) is 0 Å². The van der Waals surface area contributed by atoms with Crippen LogP contribution in [0.25, 0.3) is 11.5 Å². The number of nitriles is 1. The second kappa shape index (κ2) is 11.2. The first kappa shape index (κ1) is 22.5. The molecule has 154 valence electrons. The average molecular weight is 418 g/mol. The third kappa shape index (κ3) is 6.63. The Hall–Kier alpha value is -2.82. The number of halogens is 1. The number of nitrogens with one attached hydrogen (secondary N) is 1. The molecule has 0 saturated carbocycles. The Morgan fingerprint density at radius 2 is 2.17 bits per heavy atom. The molecule has 1 heterocycles. The highest BCUT2D eigenvalue weighted by Gasteiger charge is 2.20. The van der Waals surface area contributed by atoms with Crippen LogP contribution in [0, 0.1) is 17.2 Å². The summed E-state index contributed by atoms with van der Waals surface area (Å²) in [4.78, 5) is 16.7. The zero-order valence-electron chi connectivity index (χ0n) is 16.7. The average Bonchev–Trinajstić information content (AvgIpc) is 3.17. The van der Waals surface area contributed by atoms with E-state index < -0.39 is 5.97 Å². The molecule has 0 aliphatic heterocycles. The SMILES string of the molecule is CCOCCOC(=O)/C(C#N)=C(\NCc1coc(-c2cccc(Cl)c2)n1)C(C)C. The van der Waals surface area contributed by atoms with Gasteiger partial charge in [0.05, 0.1) is 18.8 Å². The van der Waals surface area contributed by atoms with Gasteiger partial charge in [0.25, 0.3) is 0 Å². The quantitative estimate of drug-likeness (QED) is 0.269. The van der Waals surface area contributed by atoms with Crippen molar-refractivity contribution < 1.29 is 18.7 Å². The van der Waals surface area contributed by atoms with E-state index in [1.54, 1.807) is 12.1 Å². The van der Waals surface area contributed by atoms with Crippen LogP contribution in [0.2, 0.25) is 5.02 Å². The van der Waals surface area contributed by atoms with Gasteiger partial charge in [-0.05, 0) is 31.0 Å². The normalized spacial score (nSPS) is 11.7. The molecule has 0 amide bonds. The van der Waals surface area contributed by atoms with E-state index in [0.717, 1.165) is 5.56 Å². The molecule has 0 radical (unpaired) electrons. The van der Waals surface area contributed by atoms with Gasteiger partial charge >= 0.3 is 5.97 Å². The minimum absolute atomic E-state index is 0.0601. The molecule has 2 aromatic rings. The Morgan fingerprint density at radius 1 is 1.38 bits per heavy atom. The summed E-state index contributed by atoms with van der Waals surface area (Å²) < 4.78 is 15.8. The standard InChI is InChI=1S/C21H24ClN3O4/c1-4-27-8-9-28-21(26)18(11-23)19(14(2)3)24-12-17-13-29-20(25-17)15-6-5-7-16(22)10-15/h5-7,10,13-14,24H,4,8-9,12H2,1-3H3/b19-18-. The predicted molar refractivity (Wildman–Crippen MR) is 109 cm³/mol. The molecule has 0 bridgehead atoms. The Labute approximate surface area is 175 Å². The Bertz CT molecular complexity index is 899. The lowest BCUT2D eigenvalue weighted by atomic mass is 10.0. The first-order chi connectivity index (χ1) is 14.0. The first-order valence-corrected chi connectivity index (χ1v) is 9.67. The van der Waals surface area contributed by atoms with Gasteiger partial charge in [-0.3, -0.25) is 0 Å². The summed E-state index contributed by atoms with van der Waals surface area (Å²) in [7, 11) is 0. The fourth-order valence-electron chi connectivity index (χ4n) is 2.53. The highest BCUT2D eigenvalue weighted by atomic mass is 35.5. The first-order valence-electron chi connectivity index (χ1n) is 9.29. The van der Waals surface area contributed by atoms with Crippen molar-refractivity contribution in [2.45, 2.75) is 27.3 Å². The monoisotopic (exact) mass is 417 g/mol. The van der Waals surface area contributed by atoms with Gasteiger partial charge in [-0.2, -0.15) is 5.26 Å². The van der Waals surface area contributed by atoms with Crippen LogP contribution in [-0.4, -0.2) is 30.8 Å². The van der Waals surface area contributed by atoms with Crippen LogP contribution in [-0.2, 0) is 20.8 Å². The summed E-state index contributed by atoms with van der Waals surface area (Å²) in [6.07, 6.45) is 1.52. The number of hydrogen-bond acceptors (Lipinski definition) is 7. The van der Waals surface area contributed by atoms with Crippen LogP contribution < -0.4 is 5.32 Å². The molecule has 0 saturated heterocycles. The molecule has 1 aromatic carbocycles.